The second-order valence-corrected chi connectivity index (χ2v) is 5.36. The average Bonchev–Trinajstić information content (AvgIpc) is 2.47. The number of carbonyl (C=O) groups is 2. The van der Waals surface area contributed by atoms with Crippen molar-refractivity contribution in [2.75, 3.05) is 10.6 Å². The summed E-state index contributed by atoms with van der Waals surface area (Å²) in [6, 6.07) is 4.55. The van der Waals surface area contributed by atoms with Crippen LogP contribution in [0.25, 0.3) is 0 Å². The van der Waals surface area contributed by atoms with Gasteiger partial charge >= 0.3 is 0 Å². The zero-order valence-electron chi connectivity index (χ0n) is 12.5. The molecule has 2 amide bonds. The van der Waals surface area contributed by atoms with Crippen molar-refractivity contribution in [2.45, 2.75) is 39.3 Å². The number of nitrogens with two attached hydrogens (primary N) is 1. The number of amides is 2. The maximum absolute atomic E-state index is 12.0. The number of fused-ring (bicyclic) bond motifs is 1. The second-order valence-electron chi connectivity index (χ2n) is 5.36. The highest BCUT2D eigenvalue weighted by Gasteiger charge is 2.24. The molecule has 0 fully saturated rings. The van der Waals surface area contributed by atoms with Crippen molar-refractivity contribution in [3.8, 4) is 5.75 Å². The summed E-state index contributed by atoms with van der Waals surface area (Å²) in [6.07, 6.45) is 0.317. The van der Waals surface area contributed by atoms with Gasteiger partial charge in [0.05, 0.1) is 11.7 Å². The smallest absolute Gasteiger partial charge is 0.265 e. The van der Waals surface area contributed by atoms with Crippen molar-refractivity contribution in [3.05, 3.63) is 18.2 Å². The van der Waals surface area contributed by atoms with Crippen LogP contribution in [0.1, 0.15) is 27.2 Å². The zero-order chi connectivity index (χ0) is 15.6. The SMILES string of the molecule is CCC(C)[C@H](N)C(=O)Nc1ccc2c(c1)NC(=O)C(C)O2. The highest BCUT2D eigenvalue weighted by atomic mass is 16.5. The molecule has 1 aliphatic rings. The van der Waals surface area contributed by atoms with Crippen molar-refractivity contribution in [1.29, 1.82) is 0 Å². The second kappa shape index (κ2) is 6.13. The molecule has 1 aromatic rings. The molecule has 2 rings (SSSR count). The third-order valence-corrected chi connectivity index (χ3v) is 3.74. The van der Waals surface area contributed by atoms with Crippen LogP contribution in [0, 0.1) is 5.92 Å². The molecule has 6 heteroatoms. The Kier molecular flexibility index (Phi) is 4.47. The van der Waals surface area contributed by atoms with Gasteiger partial charge < -0.3 is 21.1 Å². The summed E-state index contributed by atoms with van der Waals surface area (Å²) in [7, 11) is 0. The first-order valence-corrected chi connectivity index (χ1v) is 7.10. The van der Waals surface area contributed by atoms with E-state index in [0.29, 0.717) is 17.1 Å². The van der Waals surface area contributed by atoms with E-state index >= 15 is 0 Å². The largest absolute Gasteiger partial charge is 0.479 e. The summed E-state index contributed by atoms with van der Waals surface area (Å²) in [5.74, 6) is 0.251. The Labute approximate surface area is 124 Å². The van der Waals surface area contributed by atoms with Gasteiger partial charge in [0.15, 0.2) is 6.10 Å². The van der Waals surface area contributed by atoms with Crippen molar-refractivity contribution in [1.82, 2.24) is 0 Å². The van der Waals surface area contributed by atoms with Gasteiger partial charge in [-0.2, -0.15) is 0 Å². The Bertz CT molecular complexity index is 559. The van der Waals surface area contributed by atoms with Crippen LogP contribution in [0.5, 0.6) is 5.75 Å². The fourth-order valence-corrected chi connectivity index (χ4v) is 2.02. The highest BCUT2D eigenvalue weighted by Crippen LogP contribution is 2.32. The summed E-state index contributed by atoms with van der Waals surface area (Å²) in [5, 5.41) is 5.50. The van der Waals surface area contributed by atoms with Crippen LogP contribution >= 0.6 is 0 Å². The number of rotatable bonds is 4. The van der Waals surface area contributed by atoms with E-state index in [4.69, 9.17) is 10.5 Å². The van der Waals surface area contributed by atoms with Crippen molar-refractivity contribution < 1.29 is 14.3 Å². The third-order valence-electron chi connectivity index (χ3n) is 3.74. The first-order chi connectivity index (χ1) is 9.92. The molecule has 0 aliphatic carbocycles. The van der Waals surface area contributed by atoms with Gasteiger partial charge in [0.25, 0.3) is 5.91 Å². The lowest BCUT2D eigenvalue weighted by atomic mass is 9.99. The van der Waals surface area contributed by atoms with Gasteiger partial charge in [-0.15, -0.1) is 0 Å². The quantitative estimate of drug-likeness (QED) is 0.787. The molecule has 1 aromatic carbocycles. The van der Waals surface area contributed by atoms with E-state index in [1.165, 1.54) is 0 Å². The minimum absolute atomic E-state index is 0.103. The molecule has 114 valence electrons. The number of anilines is 2. The van der Waals surface area contributed by atoms with Gasteiger partial charge in [-0.05, 0) is 31.0 Å². The predicted molar refractivity (Wildman–Crippen MR) is 81.2 cm³/mol. The van der Waals surface area contributed by atoms with Gasteiger partial charge in [0.2, 0.25) is 5.91 Å². The Morgan fingerprint density at radius 1 is 1.52 bits per heavy atom. The number of nitrogens with one attached hydrogen (secondary N) is 2. The molecular formula is C15H21N3O3. The van der Waals surface area contributed by atoms with Crippen LogP contribution in [-0.2, 0) is 9.59 Å². The molecule has 0 bridgehead atoms. The highest BCUT2D eigenvalue weighted by molar-refractivity contribution is 6.00. The number of benzene rings is 1. The normalized spacial score (nSPS) is 19.8. The lowest BCUT2D eigenvalue weighted by molar-refractivity contribution is -0.122. The van der Waals surface area contributed by atoms with E-state index in [-0.39, 0.29) is 17.7 Å². The molecule has 6 nitrogen and oxygen atoms in total. The van der Waals surface area contributed by atoms with E-state index in [9.17, 15) is 9.59 Å². The maximum atomic E-state index is 12.0. The first-order valence-electron chi connectivity index (χ1n) is 7.10. The molecule has 0 radical (unpaired) electrons. The summed E-state index contributed by atoms with van der Waals surface area (Å²) < 4.78 is 5.46. The number of hydrogen-bond acceptors (Lipinski definition) is 4. The summed E-state index contributed by atoms with van der Waals surface area (Å²) in [5.41, 5.74) is 7.02. The van der Waals surface area contributed by atoms with Crippen molar-refractivity contribution in [3.63, 3.8) is 0 Å². The number of carbonyl (C=O) groups excluding carboxylic acids is 2. The fourth-order valence-electron chi connectivity index (χ4n) is 2.02. The van der Waals surface area contributed by atoms with Crippen molar-refractivity contribution in [2.24, 2.45) is 11.7 Å². The van der Waals surface area contributed by atoms with Gasteiger partial charge in [-0.25, -0.2) is 0 Å². The van der Waals surface area contributed by atoms with Gasteiger partial charge in [-0.1, -0.05) is 20.3 Å². The van der Waals surface area contributed by atoms with Crippen LogP contribution < -0.4 is 21.1 Å². The Morgan fingerprint density at radius 3 is 2.90 bits per heavy atom. The molecule has 3 atom stereocenters. The first kappa shape index (κ1) is 15.3. The van der Waals surface area contributed by atoms with Crippen LogP contribution in [0.15, 0.2) is 18.2 Å². The molecule has 2 unspecified atom stereocenters. The van der Waals surface area contributed by atoms with E-state index in [0.717, 1.165) is 6.42 Å². The lowest BCUT2D eigenvalue weighted by Gasteiger charge is -2.24. The van der Waals surface area contributed by atoms with Crippen molar-refractivity contribution >= 4 is 23.2 Å². The summed E-state index contributed by atoms with van der Waals surface area (Å²) in [4.78, 5) is 23.6. The van der Waals surface area contributed by atoms with Gasteiger partial charge in [-0.3, -0.25) is 9.59 Å². The van der Waals surface area contributed by atoms with E-state index in [1.807, 2.05) is 13.8 Å². The Balaban J connectivity index is 2.11. The fraction of sp³-hybridized carbons (Fsp3) is 0.467. The Hall–Kier alpha value is -2.08. The lowest BCUT2D eigenvalue weighted by Crippen LogP contribution is -2.40. The number of ether oxygens (including phenoxy) is 1. The van der Waals surface area contributed by atoms with E-state index in [2.05, 4.69) is 10.6 Å². The van der Waals surface area contributed by atoms with E-state index < -0.39 is 12.1 Å². The van der Waals surface area contributed by atoms with Gasteiger partial charge in [0.1, 0.15) is 5.75 Å². The summed E-state index contributed by atoms with van der Waals surface area (Å²) in [6.45, 7) is 5.61. The molecule has 0 saturated heterocycles. The monoisotopic (exact) mass is 291 g/mol. The number of hydrogen-bond donors (Lipinski definition) is 3. The molecule has 0 spiro atoms. The van der Waals surface area contributed by atoms with Crippen LogP contribution in [0.3, 0.4) is 0 Å². The standard InChI is InChI=1S/C15H21N3O3/c1-4-8(2)13(16)15(20)17-10-5-6-12-11(7-10)18-14(19)9(3)21-12/h5-9,13H,4,16H2,1-3H3,(H,17,20)(H,18,19)/t8?,9?,13-/m0/s1. The average molecular weight is 291 g/mol. The molecule has 21 heavy (non-hydrogen) atoms. The molecular weight excluding hydrogens is 270 g/mol. The Morgan fingerprint density at radius 2 is 2.24 bits per heavy atom. The molecule has 0 saturated carbocycles. The van der Waals surface area contributed by atoms with Gasteiger partial charge in [0, 0.05) is 5.69 Å². The minimum atomic E-state index is -0.558. The van der Waals surface area contributed by atoms with Crippen LogP contribution in [0.4, 0.5) is 11.4 Å². The van der Waals surface area contributed by atoms with E-state index in [1.54, 1.807) is 25.1 Å². The zero-order valence-corrected chi connectivity index (χ0v) is 12.5. The summed E-state index contributed by atoms with van der Waals surface area (Å²) >= 11 is 0. The molecule has 1 heterocycles. The van der Waals surface area contributed by atoms with Crippen LogP contribution in [-0.4, -0.2) is 24.0 Å². The third kappa shape index (κ3) is 3.33. The molecule has 1 aliphatic heterocycles. The molecule has 4 N–H and O–H groups in total. The topological polar surface area (TPSA) is 93.5 Å². The minimum Gasteiger partial charge on any atom is -0.479 e. The van der Waals surface area contributed by atoms with Crippen LogP contribution in [0.2, 0.25) is 0 Å². The predicted octanol–water partition coefficient (Wildman–Crippen LogP) is 1.72. The maximum Gasteiger partial charge on any atom is 0.265 e. The molecule has 0 aromatic heterocycles.